The van der Waals surface area contributed by atoms with Gasteiger partial charge in [0, 0.05) is 110 Å². The molecule has 20 heteroatoms. The number of carboxylic acids is 1. The molecule has 68 heavy (non-hydrogen) atoms. The van der Waals surface area contributed by atoms with Crippen LogP contribution in [0.2, 0.25) is 10.0 Å². The molecule has 4 aromatic carbocycles. The Kier molecular flexibility index (Phi) is 14.4. The minimum absolute atomic E-state index is 0.279. The van der Waals surface area contributed by atoms with Crippen molar-refractivity contribution in [2.24, 2.45) is 0 Å². The van der Waals surface area contributed by atoms with Gasteiger partial charge in [0.05, 0.1) is 50.7 Å². The number of aromatic carboxylic acids is 1. The largest absolute Gasteiger partial charge is 0.478 e. The molecule has 0 saturated carbocycles. The molecule has 0 spiro atoms. The van der Waals surface area contributed by atoms with Crippen LogP contribution in [0.3, 0.4) is 0 Å². The van der Waals surface area contributed by atoms with E-state index in [2.05, 4.69) is 30.2 Å². The fourth-order valence-corrected chi connectivity index (χ4v) is 11.4. The van der Waals surface area contributed by atoms with E-state index in [0.29, 0.717) is 79.9 Å². The molecule has 2 unspecified atom stereocenters. The fourth-order valence-electron chi connectivity index (χ4n) is 8.39. The van der Waals surface area contributed by atoms with Gasteiger partial charge in [0.15, 0.2) is 11.6 Å². The van der Waals surface area contributed by atoms with E-state index in [9.17, 15) is 18.0 Å². The van der Waals surface area contributed by atoms with Gasteiger partial charge in [-0.1, -0.05) is 35.3 Å². The van der Waals surface area contributed by atoms with Crippen LogP contribution < -0.4 is 30.2 Å². The van der Waals surface area contributed by atoms with E-state index in [4.69, 9.17) is 53.0 Å². The summed E-state index contributed by atoms with van der Waals surface area (Å²) in [6.07, 6.45) is 1.34. The number of ether oxygens (including phenoxy) is 1. The van der Waals surface area contributed by atoms with Gasteiger partial charge in [0.25, 0.3) is 0 Å². The highest BCUT2D eigenvalue weighted by Crippen LogP contribution is 2.35. The number of aromatic nitrogens is 4. The number of esters is 1. The average molecular weight is 996 g/mol. The van der Waals surface area contributed by atoms with E-state index in [1.807, 2.05) is 66.7 Å². The smallest absolute Gasteiger partial charge is 0.338 e. The summed E-state index contributed by atoms with van der Waals surface area (Å²) in [5, 5.41) is 16.9. The predicted octanol–water partition coefficient (Wildman–Crippen LogP) is 7.60. The van der Waals surface area contributed by atoms with Gasteiger partial charge in [0.2, 0.25) is 11.9 Å². The second-order valence-corrected chi connectivity index (χ2v) is 20.1. The van der Waals surface area contributed by atoms with Crippen LogP contribution in [0.15, 0.2) is 107 Å². The van der Waals surface area contributed by atoms with Gasteiger partial charge < -0.3 is 40.1 Å². The number of halogens is 2. The van der Waals surface area contributed by atoms with Gasteiger partial charge in [-0.2, -0.15) is 9.97 Å². The molecule has 2 fully saturated rings. The number of nitrogens with one attached hydrogen (secondary N) is 2. The van der Waals surface area contributed by atoms with Gasteiger partial charge in [-0.25, -0.2) is 19.6 Å². The molecule has 0 amide bonds. The summed E-state index contributed by atoms with van der Waals surface area (Å²) in [5.41, 5.74) is 6.14. The number of nitrogens with zero attached hydrogens (tertiary/aromatic N) is 8. The van der Waals surface area contributed by atoms with E-state index in [1.165, 1.54) is 0 Å². The third-order valence-electron chi connectivity index (χ3n) is 11.9. The second kappa shape index (κ2) is 20.9. The lowest BCUT2D eigenvalue weighted by Crippen LogP contribution is -2.47. The van der Waals surface area contributed by atoms with Crippen LogP contribution in [0.5, 0.6) is 0 Å². The molecule has 6 heterocycles. The lowest BCUT2D eigenvalue weighted by molar-refractivity contribution is 0.0525. The highest BCUT2D eigenvalue weighted by atomic mass is 35.5. The zero-order chi connectivity index (χ0) is 47.3. The van der Waals surface area contributed by atoms with Gasteiger partial charge in [0.1, 0.15) is 9.79 Å². The number of carboxylic acid groups (broad SMARTS) is 1. The Morgan fingerprint density at radius 1 is 0.603 bits per heavy atom. The SMILES string of the molecule is CCOC(=O)c1ccc(N2CCN(c3nc4c(c(Nc5cccc(Cl)c5)n3)S(=O)CC4)CC2)cc1.O=C(O)c1ccc(N2CCN(c3nc4c(c(Nc5cccc(Cl)c5)n3)S(=O)CC4)CC2)cc1. The first kappa shape index (κ1) is 46.8. The number of piperazine rings is 2. The molecule has 3 N–H and O–H groups in total. The van der Waals surface area contributed by atoms with E-state index in [0.717, 1.165) is 86.5 Å². The predicted molar refractivity (Wildman–Crippen MR) is 268 cm³/mol. The van der Waals surface area contributed by atoms with E-state index in [-0.39, 0.29) is 11.5 Å². The zero-order valence-corrected chi connectivity index (χ0v) is 40.2. The summed E-state index contributed by atoms with van der Waals surface area (Å²) < 4.78 is 30.3. The minimum Gasteiger partial charge on any atom is -0.478 e. The van der Waals surface area contributed by atoms with Gasteiger partial charge in [-0.05, 0) is 91.9 Å². The van der Waals surface area contributed by atoms with Crippen molar-refractivity contribution in [3.63, 3.8) is 0 Å². The second-order valence-electron chi connectivity index (χ2n) is 16.2. The summed E-state index contributed by atoms with van der Waals surface area (Å²) in [4.78, 5) is 52.2. The van der Waals surface area contributed by atoms with Crippen molar-refractivity contribution in [1.82, 2.24) is 19.9 Å². The Morgan fingerprint density at radius 2 is 1.01 bits per heavy atom. The zero-order valence-electron chi connectivity index (χ0n) is 37.1. The van der Waals surface area contributed by atoms with Crippen molar-refractivity contribution in [3.05, 3.63) is 130 Å². The molecule has 10 rings (SSSR count). The summed E-state index contributed by atoms with van der Waals surface area (Å²) in [5.74, 6) is 2.30. The Bertz CT molecular complexity index is 2880. The number of aryl methyl sites for hydroxylation is 2. The molecule has 0 bridgehead atoms. The van der Waals surface area contributed by atoms with Crippen LogP contribution in [-0.4, -0.2) is 116 Å². The van der Waals surface area contributed by atoms with Crippen molar-refractivity contribution < 1.29 is 27.9 Å². The standard InChI is InChI=1S/C25H26ClN5O3S.C23H22ClN5O3S/c1-2-34-24(32)17-6-8-20(9-7-17)30-11-13-31(14-12-30)25-28-21-10-15-35(33)22(21)23(29-25)27-19-5-3-4-18(26)16-19;24-16-2-1-3-17(14-16)25-21-20-19(8-13-33(20)32)26-23(27-21)29-11-9-28(10-12-29)18-6-4-15(5-7-18)22(30)31/h3-9,16H,2,10-15H2,1H3,(H,27,28,29);1-7,14H,8-13H2,(H,30,31)(H,25,26,27). The molecule has 6 aromatic rings. The van der Waals surface area contributed by atoms with Gasteiger partial charge in [-0.15, -0.1) is 0 Å². The Morgan fingerprint density at radius 3 is 1.41 bits per heavy atom. The maximum absolute atomic E-state index is 12.6. The fraction of sp³-hybridized carbons (Fsp3) is 0.292. The number of carbonyl (C=O) groups is 2. The number of benzene rings is 4. The number of hydrogen-bond donors (Lipinski definition) is 3. The monoisotopic (exact) mass is 994 g/mol. The summed E-state index contributed by atoms with van der Waals surface area (Å²) >= 11 is 12.3. The highest BCUT2D eigenvalue weighted by Gasteiger charge is 2.30. The van der Waals surface area contributed by atoms with Crippen LogP contribution in [0.25, 0.3) is 0 Å². The molecule has 4 aliphatic rings. The van der Waals surface area contributed by atoms with Gasteiger partial charge in [-0.3, -0.25) is 8.42 Å². The van der Waals surface area contributed by atoms with Crippen molar-refractivity contribution in [2.75, 3.05) is 101 Å². The third kappa shape index (κ3) is 10.7. The summed E-state index contributed by atoms with van der Waals surface area (Å²) in [7, 11) is -2.25. The highest BCUT2D eigenvalue weighted by molar-refractivity contribution is 7.85. The van der Waals surface area contributed by atoms with E-state index in [1.54, 1.807) is 37.3 Å². The Balaban J connectivity index is 0.000000170. The number of carbonyl (C=O) groups excluding carboxylic acids is 1. The maximum Gasteiger partial charge on any atom is 0.338 e. The van der Waals surface area contributed by atoms with Crippen LogP contribution in [0, 0.1) is 0 Å². The quantitative estimate of drug-likeness (QED) is 0.108. The first-order valence-corrected chi connectivity index (χ1v) is 25.6. The Labute approximate surface area is 408 Å². The van der Waals surface area contributed by atoms with E-state index >= 15 is 0 Å². The van der Waals surface area contributed by atoms with E-state index < -0.39 is 27.6 Å². The molecule has 2 aromatic heterocycles. The van der Waals surface area contributed by atoms with Crippen LogP contribution in [0.1, 0.15) is 39.0 Å². The molecule has 16 nitrogen and oxygen atoms in total. The number of rotatable bonds is 11. The van der Waals surface area contributed by atoms with Crippen molar-refractivity contribution in [2.45, 2.75) is 29.6 Å². The van der Waals surface area contributed by atoms with Crippen molar-refractivity contribution in [3.8, 4) is 0 Å². The molecular formula is C48H48Cl2N10O6S2. The number of hydrogen-bond acceptors (Lipinski definition) is 15. The van der Waals surface area contributed by atoms with Crippen LogP contribution in [-0.2, 0) is 39.2 Å². The van der Waals surface area contributed by atoms with Crippen molar-refractivity contribution in [1.29, 1.82) is 0 Å². The normalized spacial score (nSPS) is 17.5. The molecule has 2 atom stereocenters. The summed E-state index contributed by atoms with van der Waals surface area (Å²) in [6, 6.07) is 29.2. The molecule has 4 aliphatic heterocycles. The number of fused-ring (bicyclic) bond motifs is 2. The first-order valence-electron chi connectivity index (χ1n) is 22.2. The van der Waals surface area contributed by atoms with Crippen molar-refractivity contribution >= 4 is 103 Å². The molecule has 0 aliphatic carbocycles. The topological polar surface area (TPSA) is 186 Å². The lowest BCUT2D eigenvalue weighted by Gasteiger charge is -2.36. The van der Waals surface area contributed by atoms with Gasteiger partial charge >= 0.3 is 11.9 Å². The summed E-state index contributed by atoms with van der Waals surface area (Å²) in [6.45, 7) is 8.20. The Hall–Kier alpha value is -6.34. The lowest BCUT2D eigenvalue weighted by atomic mass is 10.2. The number of anilines is 8. The maximum atomic E-state index is 12.6. The average Bonchev–Trinajstić information content (AvgIpc) is 3.93. The molecule has 352 valence electrons. The molecular weight excluding hydrogens is 948 g/mol. The minimum atomic E-state index is -1.13. The van der Waals surface area contributed by atoms with Crippen LogP contribution >= 0.6 is 23.2 Å². The third-order valence-corrected chi connectivity index (χ3v) is 15.3. The molecule has 2 saturated heterocycles. The molecule has 0 radical (unpaired) electrons. The van der Waals surface area contributed by atoms with Crippen LogP contribution in [0.4, 0.5) is 46.3 Å². The first-order chi connectivity index (χ1) is 33.0.